The third-order valence-corrected chi connectivity index (χ3v) is 2.32. The molecule has 0 amide bonds. The minimum Gasteiger partial charge on any atom is -0.368 e. The molecule has 0 spiro atoms. The maximum absolute atomic E-state index is 2.28. The van der Waals surface area contributed by atoms with Gasteiger partial charge in [0.25, 0.3) is 0 Å². The molecule has 2 heteroatoms. The molecule has 0 radical (unpaired) electrons. The summed E-state index contributed by atoms with van der Waals surface area (Å²) in [6.45, 7) is 2.19. The normalized spacial score (nSPS) is 19.2. The second-order valence-corrected chi connectivity index (χ2v) is 2.78. The van der Waals surface area contributed by atoms with Crippen LogP contribution in [0.1, 0.15) is 13.3 Å². The molecule has 1 aliphatic rings. The highest BCUT2D eigenvalue weighted by molar-refractivity contribution is 8.02. The van der Waals surface area contributed by atoms with Gasteiger partial charge in [0.05, 0.1) is 5.88 Å². The Morgan fingerprint density at radius 2 is 2.62 bits per heavy atom. The lowest BCUT2D eigenvalue weighted by Crippen LogP contribution is -2.10. The van der Waals surface area contributed by atoms with Crippen LogP contribution in [0.15, 0.2) is 11.1 Å². The summed E-state index contributed by atoms with van der Waals surface area (Å²) >= 11 is 1.88. The van der Waals surface area contributed by atoms with Crippen molar-refractivity contribution < 1.29 is 0 Å². The van der Waals surface area contributed by atoms with Gasteiger partial charge < -0.3 is 4.90 Å². The molecule has 0 N–H and O–H groups in total. The molecule has 0 aromatic carbocycles. The average molecular weight is 129 g/mol. The molecule has 46 valence electrons. The molecule has 0 saturated carbocycles. The van der Waals surface area contributed by atoms with Gasteiger partial charge in [0, 0.05) is 12.7 Å². The minimum absolute atomic E-state index is 1.14. The van der Waals surface area contributed by atoms with Crippen molar-refractivity contribution in [3.05, 3.63) is 11.1 Å². The Morgan fingerprint density at radius 1 is 1.88 bits per heavy atom. The Bertz CT molecular complexity index is 109. The fraction of sp³-hybridized carbons (Fsp3) is 0.667. The molecule has 0 atom stereocenters. The zero-order chi connectivity index (χ0) is 5.98. The lowest BCUT2D eigenvalue weighted by Gasteiger charge is -2.12. The first-order valence-corrected chi connectivity index (χ1v) is 3.91. The van der Waals surface area contributed by atoms with E-state index in [4.69, 9.17) is 0 Å². The van der Waals surface area contributed by atoms with Crippen LogP contribution in [0.2, 0.25) is 0 Å². The predicted octanol–water partition coefficient (Wildman–Crippen LogP) is 1.87. The van der Waals surface area contributed by atoms with E-state index in [2.05, 4.69) is 24.3 Å². The largest absolute Gasteiger partial charge is 0.368 e. The summed E-state index contributed by atoms with van der Waals surface area (Å²) in [4.78, 5) is 2.28. The minimum atomic E-state index is 1.14. The number of hydrogen-bond donors (Lipinski definition) is 0. The van der Waals surface area contributed by atoms with E-state index in [0.29, 0.717) is 0 Å². The average Bonchev–Trinajstić information content (AvgIpc) is 2.14. The highest BCUT2D eigenvalue weighted by atomic mass is 32.2. The second-order valence-electron chi connectivity index (χ2n) is 1.96. The molecule has 0 aromatic rings. The molecular formula is C6H11NS. The lowest BCUT2D eigenvalue weighted by atomic mass is 10.4. The fourth-order valence-corrected chi connectivity index (χ4v) is 1.77. The molecule has 0 unspecified atom stereocenters. The molecule has 0 aliphatic carbocycles. The van der Waals surface area contributed by atoms with E-state index >= 15 is 0 Å². The van der Waals surface area contributed by atoms with Crippen LogP contribution in [0.4, 0.5) is 0 Å². The summed E-state index contributed by atoms with van der Waals surface area (Å²) < 4.78 is 0. The molecule has 8 heavy (non-hydrogen) atoms. The molecule has 1 rings (SSSR count). The van der Waals surface area contributed by atoms with Crippen LogP contribution in [-0.4, -0.2) is 17.8 Å². The van der Waals surface area contributed by atoms with Gasteiger partial charge in [-0.15, -0.1) is 11.8 Å². The molecule has 1 heterocycles. The van der Waals surface area contributed by atoms with E-state index in [1.165, 1.54) is 12.1 Å². The molecule has 0 fully saturated rings. The Balaban J connectivity index is 2.49. The van der Waals surface area contributed by atoms with E-state index in [0.717, 1.165) is 5.88 Å². The van der Waals surface area contributed by atoms with Crippen molar-refractivity contribution in [3.63, 3.8) is 0 Å². The quantitative estimate of drug-likeness (QED) is 0.531. The van der Waals surface area contributed by atoms with Gasteiger partial charge in [-0.3, -0.25) is 0 Å². The summed E-state index contributed by atoms with van der Waals surface area (Å²) in [7, 11) is 2.13. The Morgan fingerprint density at radius 3 is 2.88 bits per heavy atom. The van der Waals surface area contributed by atoms with Crippen LogP contribution < -0.4 is 0 Å². The van der Waals surface area contributed by atoms with Gasteiger partial charge in [0.15, 0.2) is 0 Å². The van der Waals surface area contributed by atoms with Crippen molar-refractivity contribution in [1.29, 1.82) is 0 Å². The maximum Gasteiger partial charge on any atom is 0.0674 e. The van der Waals surface area contributed by atoms with Crippen molar-refractivity contribution in [2.45, 2.75) is 13.3 Å². The SMILES string of the molecule is CCC1=CSCN1C. The first kappa shape index (κ1) is 6.02. The van der Waals surface area contributed by atoms with Crippen LogP contribution >= 0.6 is 11.8 Å². The smallest absolute Gasteiger partial charge is 0.0674 e. The van der Waals surface area contributed by atoms with Crippen LogP contribution in [0.3, 0.4) is 0 Å². The Hall–Kier alpha value is -0.110. The molecular weight excluding hydrogens is 118 g/mol. The van der Waals surface area contributed by atoms with E-state index in [1.54, 1.807) is 0 Å². The number of thioether (sulfide) groups is 1. The van der Waals surface area contributed by atoms with Crippen molar-refractivity contribution in [3.8, 4) is 0 Å². The van der Waals surface area contributed by atoms with Crippen LogP contribution in [0.5, 0.6) is 0 Å². The predicted molar refractivity (Wildman–Crippen MR) is 38.6 cm³/mol. The summed E-state index contributed by atoms with van der Waals surface area (Å²) in [5.41, 5.74) is 1.47. The maximum atomic E-state index is 2.28. The van der Waals surface area contributed by atoms with Gasteiger partial charge in [-0.1, -0.05) is 6.92 Å². The van der Waals surface area contributed by atoms with E-state index in [-0.39, 0.29) is 0 Å². The third-order valence-electron chi connectivity index (χ3n) is 1.34. The van der Waals surface area contributed by atoms with Crippen LogP contribution in [0, 0.1) is 0 Å². The Kier molecular flexibility index (Phi) is 1.84. The van der Waals surface area contributed by atoms with Gasteiger partial charge in [-0.25, -0.2) is 0 Å². The van der Waals surface area contributed by atoms with E-state index in [9.17, 15) is 0 Å². The van der Waals surface area contributed by atoms with Crippen molar-refractivity contribution in [1.82, 2.24) is 4.90 Å². The highest BCUT2D eigenvalue weighted by Crippen LogP contribution is 2.22. The van der Waals surface area contributed by atoms with Gasteiger partial charge in [0.2, 0.25) is 0 Å². The molecule has 0 bridgehead atoms. The van der Waals surface area contributed by atoms with Crippen molar-refractivity contribution in [2.24, 2.45) is 0 Å². The first-order chi connectivity index (χ1) is 3.84. The second kappa shape index (κ2) is 2.44. The highest BCUT2D eigenvalue weighted by Gasteiger charge is 2.06. The van der Waals surface area contributed by atoms with E-state index in [1.807, 2.05) is 11.8 Å². The summed E-state index contributed by atoms with van der Waals surface area (Å²) in [5.74, 6) is 1.14. The standard InChI is InChI=1S/C6H11NS/c1-3-6-4-8-5-7(6)2/h4H,3,5H2,1-2H3. The molecule has 1 aliphatic heterocycles. The van der Waals surface area contributed by atoms with Crippen molar-refractivity contribution >= 4 is 11.8 Å². The topological polar surface area (TPSA) is 3.24 Å². The fourth-order valence-electron chi connectivity index (χ4n) is 0.771. The first-order valence-electron chi connectivity index (χ1n) is 2.86. The lowest BCUT2D eigenvalue weighted by molar-refractivity contribution is 0.486. The monoisotopic (exact) mass is 129 g/mol. The summed E-state index contributed by atoms with van der Waals surface area (Å²) in [5, 5.41) is 2.24. The van der Waals surface area contributed by atoms with E-state index < -0.39 is 0 Å². The molecule has 0 aromatic heterocycles. The zero-order valence-electron chi connectivity index (χ0n) is 5.35. The number of nitrogens with zero attached hydrogens (tertiary/aromatic N) is 1. The Labute approximate surface area is 54.8 Å². The number of hydrogen-bond acceptors (Lipinski definition) is 2. The molecule has 0 saturated heterocycles. The van der Waals surface area contributed by atoms with Gasteiger partial charge in [0.1, 0.15) is 0 Å². The van der Waals surface area contributed by atoms with Crippen LogP contribution in [-0.2, 0) is 0 Å². The van der Waals surface area contributed by atoms with Gasteiger partial charge in [-0.05, 0) is 11.8 Å². The summed E-state index contributed by atoms with van der Waals surface area (Å²) in [6, 6.07) is 0. The van der Waals surface area contributed by atoms with Crippen molar-refractivity contribution in [2.75, 3.05) is 12.9 Å². The van der Waals surface area contributed by atoms with Gasteiger partial charge in [-0.2, -0.15) is 0 Å². The zero-order valence-corrected chi connectivity index (χ0v) is 6.16. The number of allylic oxidation sites excluding steroid dienone is 1. The third kappa shape index (κ3) is 0.996. The number of rotatable bonds is 1. The van der Waals surface area contributed by atoms with Gasteiger partial charge >= 0.3 is 0 Å². The van der Waals surface area contributed by atoms with Crippen LogP contribution in [0.25, 0.3) is 0 Å². The summed E-state index contributed by atoms with van der Waals surface area (Å²) in [6.07, 6.45) is 1.17. The molecule has 1 nitrogen and oxygen atoms in total.